The first-order chi connectivity index (χ1) is 14.1. The van der Waals surface area contributed by atoms with Crippen molar-refractivity contribution in [3.63, 3.8) is 0 Å². The van der Waals surface area contributed by atoms with Crippen LogP contribution in [0.4, 0.5) is 0 Å². The van der Waals surface area contributed by atoms with Gasteiger partial charge in [-0.2, -0.15) is 5.21 Å². The Morgan fingerprint density at radius 2 is 1.41 bits per heavy atom. The predicted molar refractivity (Wildman–Crippen MR) is 107 cm³/mol. The fraction of sp³-hybridized carbons (Fsp3) is 0.250. The summed E-state index contributed by atoms with van der Waals surface area (Å²) in [7, 11) is 3.17. The summed E-state index contributed by atoms with van der Waals surface area (Å²) in [5.41, 5.74) is 8.01. The molecule has 0 radical (unpaired) electrons. The van der Waals surface area contributed by atoms with Crippen molar-refractivity contribution in [2.45, 2.75) is 11.8 Å². The molecular weight excluding hydrogens is 370 g/mol. The summed E-state index contributed by atoms with van der Waals surface area (Å²) in [5, 5.41) is 20.0. The van der Waals surface area contributed by atoms with Crippen LogP contribution in [0.25, 0.3) is 0 Å². The van der Waals surface area contributed by atoms with E-state index in [0.717, 1.165) is 11.1 Å². The molecule has 0 aliphatic carbocycles. The van der Waals surface area contributed by atoms with Crippen molar-refractivity contribution in [2.24, 2.45) is 5.73 Å². The van der Waals surface area contributed by atoms with Gasteiger partial charge in [-0.3, -0.25) is 9.59 Å². The Bertz CT molecular complexity index is 908. The number of rotatable bonds is 7. The number of H-pyrrole nitrogens is 1. The van der Waals surface area contributed by atoms with E-state index < -0.39 is 5.41 Å². The lowest BCUT2D eigenvalue weighted by Gasteiger charge is -2.32. The number of carbonyl (C=O) groups excluding carboxylic acids is 2. The zero-order valence-electron chi connectivity index (χ0n) is 16.3. The van der Waals surface area contributed by atoms with Gasteiger partial charge in [0.25, 0.3) is 11.8 Å². The third-order valence-electron chi connectivity index (χ3n) is 4.98. The van der Waals surface area contributed by atoms with E-state index in [2.05, 4.69) is 31.3 Å². The van der Waals surface area contributed by atoms with Gasteiger partial charge in [-0.1, -0.05) is 29.5 Å². The molecule has 29 heavy (non-hydrogen) atoms. The van der Waals surface area contributed by atoms with Crippen molar-refractivity contribution in [3.8, 4) is 0 Å². The predicted octanol–water partition coefficient (Wildman–Crippen LogP) is 0.602. The molecule has 5 N–H and O–H groups in total. The van der Waals surface area contributed by atoms with Gasteiger partial charge in [-0.25, -0.2) is 0 Å². The third kappa shape index (κ3) is 3.72. The topological polar surface area (TPSA) is 139 Å². The number of amides is 2. The molecule has 2 aromatic carbocycles. The second kappa shape index (κ2) is 8.61. The average molecular weight is 393 g/mol. The monoisotopic (exact) mass is 393 g/mol. The van der Waals surface area contributed by atoms with E-state index in [1.54, 1.807) is 38.4 Å². The Kier molecular flexibility index (Phi) is 5.99. The lowest BCUT2D eigenvalue weighted by atomic mass is 9.71. The molecule has 9 heteroatoms. The summed E-state index contributed by atoms with van der Waals surface area (Å²) < 4.78 is 0. The SMILES string of the molecule is CNC(=O)c1ccc(C(CCN)(c2ccc(C(=O)NC)cc2)c2nn[nH]n2)cc1. The molecule has 1 heterocycles. The second-order valence-corrected chi connectivity index (χ2v) is 6.49. The van der Waals surface area contributed by atoms with E-state index in [-0.39, 0.29) is 11.8 Å². The van der Waals surface area contributed by atoms with Crippen LogP contribution in [0.1, 0.15) is 44.1 Å². The van der Waals surface area contributed by atoms with Gasteiger partial charge in [-0.15, -0.1) is 10.2 Å². The maximum absolute atomic E-state index is 11.9. The number of nitrogens with zero attached hydrogens (tertiary/aromatic N) is 3. The van der Waals surface area contributed by atoms with E-state index >= 15 is 0 Å². The van der Waals surface area contributed by atoms with Crippen molar-refractivity contribution in [2.75, 3.05) is 20.6 Å². The number of benzene rings is 2. The molecule has 0 saturated heterocycles. The number of hydrogen-bond acceptors (Lipinski definition) is 6. The van der Waals surface area contributed by atoms with Crippen LogP contribution in [0.15, 0.2) is 48.5 Å². The zero-order valence-corrected chi connectivity index (χ0v) is 16.3. The Balaban J connectivity index is 2.17. The highest BCUT2D eigenvalue weighted by molar-refractivity contribution is 5.94. The van der Waals surface area contributed by atoms with Crippen molar-refractivity contribution in [1.82, 2.24) is 31.3 Å². The first-order valence-corrected chi connectivity index (χ1v) is 9.16. The number of tetrazole rings is 1. The largest absolute Gasteiger partial charge is 0.355 e. The van der Waals surface area contributed by atoms with Crippen LogP contribution in [0.5, 0.6) is 0 Å². The summed E-state index contributed by atoms with van der Waals surface area (Å²) >= 11 is 0. The van der Waals surface area contributed by atoms with Crippen LogP contribution in [0, 0.1) is 0 Å². The quantitative estimate of drug-likeness (QED) is 0.464. The van der Waals surface area contributed by atoms with E-state index in [0.29, 0.717) is 29.9 Å². The minimum Gasteiger partial charge on any atom is -0.355 e. The Hall–Kier alpha value is -3.59. The first kappa shape index (κ1) is 20.2. The molecule has 0 saturated carbocycles. The minimum atomic E-state index is -0.788. The molecule has 0 bridgehead atoms. The molecule has 0 aliphatic rings. The van der Waals surface area contributed by atoms with Crippen LogP contribution in [0.3, 0.4) is 0 Å². The lowest BCUT2D eigenvalue weighted by molar-refractivity contribution is 0.0955. The fourth-order valence-electron chi connectivity index (χ4n) is 3.49. The van der Waals surface area contributed by atoms with Gasteiger partial charge in [0.1, 0.15) is 0 Å². The molecule has 0 fully saturated rings. The number of nitrogens with one attached hydrogen (secondary N) is 3. The highest BCUT2D eigenvalue weighted by Crippen LogP contribution is 2.40. The molecule has 150 valence electrons. The average Bonchev–Trinajstić information content (AvgIpc) is 3.32. The number of aromatic amines is 1. The van der Waals surface area contributed by atoms with Crippen LogP contribution in [0.2, 0.25) is 0 Å². The molecule has 2 amide bonds. The first-order valence-electron chi connectivity index (χ1n) is 9.16. The summed E-state index contributed by atoms with van der Waals surface area (Å²) in [6.07, 6.45) is 0.505. The number of aromatic nitrogens is 4. The molecule has 0 aliphatic heterocycles. The van der Waals surface area contributed by atoms with Crippen LogP contribution in [-0.2, 0) is 5.41 Å². The summed E-state index contributed by atoms with van der Waals surface area (Å²) in [6, 6.07) is 14.5. The van der Waals surface area contributed by atoms with Crippen LogP contribution in [-0.4, -0.2) is 53.1 Å². The Morgan fingerprint density at radius 3 is 1.76 bits per heavy atom. The molecule has 1 aromatic heterocycles. The normalized spacial score (nSPS) is 11.1. The van der Waals surface area contributed by atoms with E-state index in [1.807, 2.05) is 24.3 Å². The maximum Gasteiger partial charge on any atom is 0.251 e. The highest BCUT2D eigenvalue weighted by atomic mass is 16.2. The van der Waals surface area contributed by atoms with Crippen molar-refractivity contribution in [1.29, 1.82) is 0 Å². The van der Waals surface area contributed by atoms with Gasteiger partial charge in [0.2, 0.25) is 0 Å². The van der Waals surface area contributed by atoms with Crippen molar-refractivity contribution < 1.29 is 9.59 Å². The smallest absolute Gasteiger partial charge is 0.251 e. The van der Waals surface area contributed by atoms with E-state index in [9.17, 15) is 9.59 Å². The van der Waals surface area contributed by atoms with Gasteiger partial charge >= 0.3 is 0 Å². The molecular formula is C20H23N7O2. The van der Waals surface area contributed by atoms with E-state index in [4.69, 9.17) is 5.73 Å². The van der Waals surface area contributed by atoms with Crippen molar-refractivity contribution >= 4 is 11.8 Å². The summed E-state index contributed by atoms with van der Waals surface area (Å²) in [4.78, 5) is 23.8. The Morgan fingerprint density at radius 1 is 0.931 bits per heavy atom. The van der Waals surface area contributed by atoms with Gasteiger partial charge in [0.15, 0.2) is 5.82 Å². The molecule has 0 atom stereocenters. The number of carbonyl (C=O) groups is 2. The maximum atomic E-state index is 11.9. The van der Waals surface area contributed by atoms with Gasteiger partial charge < -0.3 is 16.4 Å². The number of nitrogens with two attached hydrogens (primary N) is 1. The lowest BCUT2D eigenvalue weighted by Crippen LogP contribution is -2.34. The molecule has 0 spiro atoms. The molecule has 9 nitrogen and oxygen atoms in total. The second-order valence-electron chi connectivity index (χ2n) is 6.49. The van der Waals surface area contributed by atoms with Gasteiger partial charge in [0.05, 0.1) is 5.41 Å². The van der Waals surface area contributed by atoms with Gasteiger partial charge in [-0.05, 0) is 48.4 Å². The summed E-state index contributed by atoms with van der Waals surface area (Å²) in [6.45, 7) is 0.364. The molecule has 3 aromatic rings. The molecule has 3 rings (SSSR count). The van der Waals surface area contributed by atoms with Gasteiger partial charge in [0, 0.05) is 25.2 Å². The zero-order chi connectivity index (χ0) is 20.9. The fourth-order valence-corrected chi connectivity index (χ4v) is 3.49. The standard InChI is InChI=1S/C20H23N7O2/c1-22-17(28)13-3-7-15(8-4-13)20(11-12-21,19-24-26-27-25-19)16-9-5-14(6-10-16)18(29)23-2/h3-10H,11-12,21H2,1-2H3,(H,22,28)(H,23,29)(H,24,25,26,27). The van der Waals surface area contributed by atoms with Crippen molar-refractivity contribution in [3.05, 3.63) is 76.6 Å². The van der Waals surface area contributed by atoms with E-state index in [1.165, 1.54) is 0 Å². The van der Waals surface area contributed by atoms with Crippen LogP contribution < -0.4 is 16.4 Å². The highest BCUT2D eigenvalue weighted by Gasteiger charge is 2.40. The van der Waals surface area contributed by atoms with Crippen LogP contribution >= 0.6 is 0 Å². The molecule has 0 unspecified atom stereocenters. The Labute approximate surface area is 168 Å². The number of hydrogen-bond donors (Lipinski definition) is 4. The third-order valence-corrected chi connectivity index (χ3v) is 4.98. The minimum absolute atomic E-state index is 0.171. The summed E-state index contributed by atoms with van der Waals surface area (Å²) in [5.74, 6) is 0.120.